The molecule has 0 spiro atoms. The summed E-state index contributed by atoms with van der Waals surface area (Å²) in [6.45, 7) is 0. The molecule has 5 nitrogen and oxygen atoms in total. The van der Waals surface area contributed by atoms with Gasteiger partial charge in [-0.3, -0.25) is 10.1 Å². The molecule has 0 bridgehead atoms. The minimum Gasteiger partial charge on any atom is -0.496 e. The van der Waals surface area contributed by atoms with Crippen molar-refractivity contribution in [1.29, 1.82) is 0 Å². The fourth-order valence-electron chi connectivity index (χ4n) is 1.79. The van der Waals surface area contributed by atoms with Crippen molar-refractivity contribution in [1.82, 2.24) is 4.98 Å². The molecule has 0 saturated carbocycles. The molecule has 0 atom stereocenters. The Morgan fingerprint density at radius 1 is 1.47 bits per heavy atom. The highest BCUT2D eigenvalue weighted by Crippen LogP contribution is 2.28. The highest BCUT2D eigenvalue weighted by molar-refractivity contribution is 7.13. The van der Waals surface area contributed by atoms with Gasteiger partial charge in [-0.05, 0) is 18.2 Å². The number of nitrogens with zero attached hydrogens (tertiary/aromatic N) is 1. The number of carbonyl (C=O) groups is 1. The van der Waals surface area contributed by atoms with E-state index in [1.54, 1.807) is 43.1 Å². The average molecular weight is 274 g/mol. The van der Waals surface area contributed by atoms with Gasteiger partial charge >= 0.3 is 0 Å². The Bertz CT molecular complexity index is 719. The summed E-state index contributed by atoms with van der Waals surface area (Å²) < 4.78 is 10.6. The number of fused-ring (bicyclic) bond motifs is 1. The summed E-state index contributed by atoms with van der Waals surface area (Å²) in [5, 5.41) is 5.92. The Labute approximate surface area is 112 Å². The Morgan fingerprint density at radius 2 is 2.37 bits per heavy atom. The number of amides is 1. The minimum atomic E-state index is -0.244. The molecule has 1 N–H and O–H groups in total. The number of ether oxygens (including phenoxy) is 1. The van der Waals surface area contributed by atoms with Crippen LogP contribution in [0.15, 0.2) is 40.5 Å². The molecule has 3 rings (SSSR count). The molecule has 2 aromatic heterocycles. The first-order chi connectivity index (χ1) is 9.28. The SMILES string of the molecule is COc1cc(C(=O)Nc2nccs2)cc2occc12. The van der Waals surface area contributed by atoms with E-state index in [9.17, 15) is 4.79 Å². The van der Waals surface area contributed by atoms with Crippen molar-refractivity contribution >= 4 is 33.3 Å². The van der Waals surface area contributed by atoms with Crippen LogP contribution in [-0.4, -0.2) is 18.0 Å². The fourth-order valence-corrected chi connectivity index (χ4v) is 2.32. The van der Waals surface area contributed by atoms with Gasteiger partial charge in [0.2, 0.25) is 0 Å². The monoisotopic (exact) mass is 274 g/mol. The molecule has 2 heterocycles. The minimum absolute atomic E-state index is 0.244. The van der Waals surface area contributed by atoms with E-state index in [2.05, 4.69) is 10.3 Å². The topological polar surface area (TPSA) is 64.4 Å². The molecule has 3 aromatic rings. The van der Waals surface area contributed by atoms with Crippen LogP contribution in [0.2, 0.25) is 0 Å². The zero-order valence-electron chi connectivity index (χ0n) is 10.0. The number of methoxy groups -OCH3 is 1. The van der Waals surface area contributed by atoms with Crippen molar-refractivity contribution in [3.8, 4) is 5.75 Å². The highest BCUT2D eigenvalue weighted by Gasteiger charge is 2.13. The van der Waals surface area contributed by atoms with E-state index in [4.69, 9.17) is 9.15 Å². The molecule has 0 aliphatic carbocycles. The molecule has 0 radical (unpaired) electrons. The normalized spacial score (nSPS) is 10.6. The lowest BCUT2D eigenvalue weighted by Crippen LogP contribution is -2.11. The molecule has 1 aromatic carbocycles. The third-order valence-electron chi connectivity index (χ3n) is 2.67. The predicted molar refractivity (Wildman–Crippen MR) is 72.8 cm³/mol. The maximum absolute atomic E-state index is 12.1. The second-order valence-corrected chi connectivity index (χ2v) is 4.70. The first-order valence-corrected chi connectivity index (χ1v) is 6.42. The van der Waals surface area contributed by atoms with Crippen LogP contribution in [0.4, 0.5) is 5.13 Å². The van der Waals surface area contributed by atoms with Gasteiger partial charge in [0, 0.05) is 17.1 Å². The van der Waals surface area contributed by atoms with Crippen LogP contribution < -0.4 is 10.1 Å². The molecule has 19 heavy (non-hydrogen) atoms. The van der Waals surface area contributed by atoms with Gasteiger partial charge in [-0.1, -0.05) is 0 Å². The van der Waals surface area contributed by atoms with Crippen molar-refractivity contribution < 1.29 is 13.9 Å². The average Bonchev–Trinajstić information content (AvgIpc) is 3.07. The third-order valence-corrected chi connectivity index (χ3v) is 3.36. The molecule has 1 amide bonds. The largest absolute Gasteiger partial charge is 0.496 e. The summed E-state index contributed by atoms with van der Waals surface area (Å²) in [5.41, 5.74) is 1.08. The standard InChI is InChI=1S/C13H10N2O3S/c1-17-10-6-8(7-11-9(10)2-4-18-11)12(16)15-13-14-3-5-19-13/h2-7H,1H3,(H,14,15,16). The Morgan fingerprint density at radius 3 is 3.11 bits per heavy atom. The second-order valence-electron chi connectivity index (χ2n) is 3.80. The zero-order chi connectivity index (χ0) is 13.2. The van der Waals surface area contributed by atoms with E-state index in [0.717, 1.165) is 5.39 Å². The summed E-state index contributed by atoms with van der Waals surface area (Å²) in [5.74, 6) is 0.363. The van der Waals surface area contributed by atoms with Crippen molar-refractivity contribution in [2.75, 3.05) is 12.4 Å². The first kappa shape index (κ1) is 11.7. The van der Waals surface area contributed by atoms with E-state index in [1.807, 2.05) is 0 Å². The summed E-state index contributed by atoms with van der Waals surface area (Å²) in [6, 6.07) is 5.16. The summed E-state index contributed by atoms with van der Waals surface area (Å²) in [7, 11) is 1.56. The molecule has 0 aliphatic heterocycles. The van der Waals surface area contributed by atoms with E-state index in [1.165, 1.54) is 11.3 Å². The van der Waals surface area contributed by atoms with E-state index >= 15 is 0 Å². The van der Waals surface area contributed by atoms with Gasteiger partial charge in [-0.2, -0.15) is 0 Å². The molecule has 0 unspecified atom stereocenters. The van der Waals surface area contributed by atoms with E-state index in [-0.39, 0.29) is 5.91 Å². The number of thiazole rings is 1. The van der Waals surface area contributed by atoms with E-state index < -0.39 is 0 Å². The van der Waals surface area contributed by atoms with E-state index in [0.29, 0.717) is 22.0 Å². The van der Waals surface area contributed by atoms with Crippen molar-refractivity contribution in [2.45, 2.75) is 0 Å². The van der Waals surface area contributed by atoms with Gasteiger partial charge in [0.05, 0.1) is 18.8 Å². The van der Waals surface area contributed by atoms with Crippen LogP contribution in [-0.2, 0) is 0 Å². The van der Waals surface area contributed by atoms with Crippen LogP contribution in [0.5, 0.6) is 5.75 Å². The molecular formula is C13H10N2O3S. The number of benzene rings is 1. The number of anilines is 1. The molecule has 0 saturated heterocycles. The maximum Gasteiger partial charge on any atom is 0.257 e. The van der Waals surface area contributed by atoms with Crippen LogP contribution in [0.25, 0.3) is 11.0 Å². The van der Waals surface area contributed by atoms with Crippen molar-refractivity contribution in [3.63, 3.8) is 0 Å². The van der Waals surface area contributed by atoms with Gasteiger partial charge in [-0.25, -0.2) is 4.98 Å². The fraction of sp³-hybridized carbons (Fsp3) is 0.0769. The molecular weight excluding hydrogens is 264 g/mol. The summed E-state index contributed by atoms with van der Waals surface area (Å²) in [6.07, 6.45) is 3.20. The molecule has 0 aliphatic rings. The number of carbonyl (C=O) groups excluding carboxylic acids is 1. The Kier molecular flexibility index (Phi) is 2.92. The lowest BCUT2D eigenvalue weighted by atomic mass is 10.1. The summed E-state index contributed by atoms with van der Waals surface area (Å²) in [4.78, 5) is 16.1. The predicted octanol–water partition coefficient (Wildman–Crippen LogP) is 3.15. The quantitative estimate of drug-likeness (QED) is 0.796. The number of aromatic nitrogens is 1. The lowest BCUT2D eigenvalue weighted by Gasteiger charge is -2.05. The highest BCUT2D eigenvalue weighted by atomic mass is 32.1. The number of furan rings is 1. The smallest absolute Gasteiger partial charge is 0.257 e. The molecule has 0 fully saturated rings. The maximum atomic E-state index is 12.1. The first-order valence-electron chi connectivity index (χ1n) is 5.54. The van der Waals surface area contributed by atoms with Crippen molar-refractivity contribution in [3.05, 3.63) is 41.6 Å². The zero-order valence-corrected chi connectivity index (χ0v) is 10.9. The van der Waals surface area contributed by atoms with Crippen molar-refractivity contribution in [2.24, 2.45) is 0 Å². The van der Waals surface area contributed by atoms with Gasteiger partial charge in [0.1, 0.15) is 11.3 Å². The lowest BCUT2D eigenvalue weighted by molar-refractivity contribution is 0.102. The molecule has 6 heteroatoms. The van der Waals surface area contributed by atoms with Crippen LogP contribution in [0.1, 0.15) is 10.4 Å². The summed E-state index contributed by atoms with van der Waals surface area (Å²) >= 11 is 1.36. The molecule has 96 valence electrons. The number of nitrogens with one attached hydrogen (secondary N) is 1. The third kappa shape index (κ3) is 2.17. The van der Waals surface area contributed by atoms with Gasteiger partial charge in [0.15, 0.2) is 5.13 Å². The number of hydrogen-bond donors (Lipinski definition) is 1. The van der Waals surface area contributed by atoms with Crippen LogP contribution in [0.3, 0.4) is 0 Å². The van der Waals surface area contributed by atoms with Gasteiger partial charge < -0.3 is 9.15 Å². The Hall–Kier alpha value is -2.34. The number of hydrogen-bond acceptors (Lipinski definition) is 5. The number of rotatable bonds is 3. The van der Waals surface area contributed by atoms with Gasteiger partial charge in [0.25, 0.3) is 5.91 Å². The van der Waals surface area contributed by atoms with Gasteiger partial charge in [-0.15, -0.1) is 11.3 Å². The Balaban J connectivity index is 1.97. The van der Waals surface area contributed by atoms with Crippen LogP contribution in [0, 0.1) is 0 Å². The van der Waals surface area contributed by atoms with Crippen LogP contribution >= 0.6 is 11.3 Å². The second kappa shape index (κ2) is 4.74.